The van der Waals surface area contributed by atoms with E-state index >= 15 is 0 Å². The molecule has 3 nitrogen and oxygen atoms in total. The lowest BCUT2D eigenvalue weighted by atomic mass is 10.1. The van der Waals surface area contributed by atoms with Crippen molar-refractivity contribution in [2.24, 2.45) is 5.92 Å². The number of Topliss-reactive ketones (excluding diaryl/α,β-unsaturated/α-hetero) is 1. The van der Waals surface area contributed by atoms with E-state index in [0.717, 1.165) is 25.1 Å². The number of carbonyl (C=O) groups is 1. The van der Waals surface area contributed by atoms with Crippen LogP contribution in [0.5, 0.6) is 0 Å². The van der Waals surface area contributed by atoms with Gasteiger partial charge in [0.15, 0.2) is 5.78 Å². The lowest BCUT2D eigenvalue weighted by Gasteiger charge is -2.14. The first-order valence-corrected chi connectivity index (χ1v) is 6.26. The van der Waals surface area contributed by atoms with Crippen molar-refractivity contribution in [1.82, 2.24) is 4.90 Å². The van der Waals surface area contributed by atoms with Gasteiger partial charge in [-0.25, -0.2) is 4.39 Å². The molecule has 1 N–H and O–H groups in total. The number of nitrogens with zero attached hydrogens (tertiary/aromatic N) is 1. The minimum Gasteiger partial charge on any atom is -0.396 e. The number of halogens is 1. The van der Waals surface area contributed by atoms with E-state index in [1.807, 2.05) is 0 Å². The first-order chi connectivity index (χ1) is 8.67. The second kappa shape index (κ2) is 6.07. The van der Waals surface area contributed by atoms with Crippen LogP contribution in [0.4, 0.5) is 4.39 Å². The van der Waals surface area contributed by atoms with Gasteiger partial charge in [-0.05, 0) is 36.6 Å². The predicted octanol–water partition coefficient (Wildman–Crippen LogP) is 1.25. The maximum absolute atomic E-state index is 12.7. The molecule has 1 saturated heterocycles. The molecule has 0 spiro atoms. The summed E-state index contributed by atoms with van der Waals surface area (Å²) in [6, 6.07) is 6.04. The smallest absolute Gasteiger partial charge is 0.151 e. The Hall–Kier alpha value is -1.26. The molecule has 0 saturated carbocycles. The third-order valence-electron chi connectivity index (χ3n) is 3.34. The molecule has 18 heavy (non-hydrogen) atoms. The molecule has 98 valence electrons. The van der Waals surface area contributed by atoms with Crippen LogP contribution in [-0.2, 0) is 11.2 Å². The van der Waals surface area contributed by atoms with Crippen molar-refractivity contribution in [2.45, 2.75) is 12.8 Å². The van der Waals surface area contributed by atoms with Gasteiger partial charge in [-0.3, -0.25) is 9.69 Å². The third-order valence-corrected chi connectivity index (χ3v) is 3.34. The Kier molecular flexibility index (Phi) is 4.44. The zero-order valence-corrected chi connectivity index (χ0v) is 10.3. The first kappa shape index (κ1) is 13.2. The van der Waals surface area contributed by atoms with Crippen LogP contribution in [-0.4, -0.2) is 42.0 Å². The van der Waals surface area contributed by atoms with Crippen LogP contribution in [0.2, 0.25) is 0 Å². The molecule has 0 amide bonds. The second-order valence-electron chi connectivity index (χ2n) is 4.91. The largest absolute Gasteiger partial charge is 0.396 e. The predicted molar refractivity (Wildman–Crippen MR) is 66.7 cm³/mol. The van der Waals surface area contributed by atoms with Crippen molar-refractivity contribution >= 4 is 5.78 Å². The van der Waals surface area contributed by atoms with Crippen molar-refractivity contribution < 1.29 is 14.3 Å². The maximum Gasteiger partial charge on any atom is 0.151 e. The highest BCUT2D eigenvalue weighted by Crippen LogP contribution is 2.15. The quantitative estimate of drug-likeness (QED) is 0.856. The topological polar surface area (TPSA) is 40.5 Å². The zero-order valence-electron chi connectivity index (χ0n) is 10.3. The molecule has 1 aliphatic rings. The summed E-state index contributed by atoms with van der Waals surface area (Å²) < 4.78 is 12.7. The molecule has 0 radical (unpaired) electrons. The Bertz CT molecular complexity index is 405. The maximum atomic E-state index is 12.7. The first-order valence-electron chi connectivity index (χ1n) is 6.26. The normalized spacial score (nSPS) is 20.2. The Balaban J connectivity index is 1.80. The summed E-state index contributed by atoms with van der Waals surface area (Å²) in [7, 11) is 0. The molecule has 1 aromatic rings. The van der Waals surface area contributed by atoms with Gasteiger partial charge in [0.1, 0.15) is 5.82 Å². The minimum absolute atomic E-state index is 0.139. The van der Waals surface area contributed by atoms with Crippen LogP contribution in [0.15, 0.2) is 24.3 Å². The summed E-state index contributed by atoms with van der Waals surface area (Å²) in [6.07, 6.45) is 1.31. The van der Waals surface area contributed by atoms with Crippen LogP contribution >= 0.6 is 0 Å². The van der Waals surface area contributed by atoms with Crippen LogP contribution in [0, 0.1) is 11.7 Å². The summed E-state index contributed by atoms with van der Waals surface area (Å²) in [6.45, 7) is 2.29. The van der Waals surface area contributed by atoms with Crippen LogP contribution in [0.1, 0.15) is 12.0 Å². The lowest BCUT2D eigenvalue weighted by Crippen LogP contribution is -2.29. The molecule has 1 aliphatic heterocycles. The van der Waals surface area contributed by atoms with Gasteiger partial charge in [0.2, 0.25) is 0 Å². The van der Waals surface area contributed by atoms with Gasteiger partial charge in [-0.15, -0.1) is 0 Å². The van der Waals surface area contributed by atoms with Gasteiger partial charge in [0.25, 0.3) is 0 Å². The number of rotatable bonds is 5. The highest BCUT2D eigenvalue weighted by Gasteiger charge is 2.23. The highest BCUT2D eigenvalue weighted by molar-refractivity contribution is 5.82. The second-order valence-corrected chi connectivity index (χ2v) is 4.91. The Morgan fingerprint density at radius 1 is 1.39 bits per heavy atom. The number of ketones is 1. The number of likely N-dealkylation sites (tertiary alicyclic amines) is 1. The van der Waals surface area contributed by atoms with E-state index < -0.39 is 0 Å². The van der Waals surface area contributed by atoms with Gasteiger partial charge >= 0.3 is 0 Å². The summed E-state index contributed by atoms with van der Waals surface area (Å²) in [5, 5.41) is 9.03. The van der Waals surface area contributed by atoms with Crippen molar-refractivity contribution in [3.05, 3.63) is 35.6 Å². The standard InChI is InChI=1S/C14H18FNO2/c15-13-3-1-11(2-4-13)7-14(18)9-16-6-5-12(8-16)10-17/h1-4,12,17H,5-10H2. The fourth-order valence-corrected chi connectivity index (χ4v) is 2.34. The molecule has 4 heteroatoms. The molecule has 0 aliphatic carbocycles. The number of aliphatic hydroxyl groups excluding tert-OH is 1. The van der Waals surface area contributed by atoms with Crippen molar-refractivity contribution in [3.63, 3.8) is 0 Å². The monoisotopic (exact) mass is 251 g/mol. The van der Waals surface area contributed by atoms with E-state index in [-0.39, 0.29) is 18.2 Å². The Labute approximate surface area is 106 Å². The molecule has 1 unspecified atom stereocenters. The lowest BCUT2D eigenvalue weighted by molar-refractivity contribution is -0.119. The zero-order chi connectivity index (χ0) is 13.0. The fraction of sp³-hybridized carbons (Fsp3) is 0.500. The molecular formula is C14H18FNO2. The van der Waals surface area contributed by atoms with Crippen LogP contribution in [0.3, 0.4) is 0 Å². The van der Waals surface area contributed by atoms with Crippen LogP contribution in [0.25, 0.3) is 0 Å². The average Bonchev–Trinajstić information content (AvgIpc) is 2.79. The Morgan fingerprint density at radius 3 is 2.72 bits per heavy atom. The van der Waals surface area contributed by atoms with E-state index in [4.69, 9.17) is 5.11 Å². The molecule has 1 fully saturated rings. The van der Waals surface area contributed by atoms with E-state index in [2.05, 4.69) is 4.90 Å². The van der Waals surface area contributed by atoms with Crippen LogP contribution < -0.4 is 0 Å². The van der Waals surface area contributed by atoms with Gasteiger partial charge < -0.3 is 5.11 Å². The minimum atomic E-state index is -0.281. The van der Waals surface area contributed by atoms with Gasteiger partial charge in [-0.1, -0.05) is 12.1 Å². The van der Waals surface area contributed by atoms with Crippen molar-refractivity contribution in [2.75, 3.05) is 26.2 Å². The van der Waals surface area contributed by atoms with Gasteiger partial charge in [-0.2, -0.15) is 0 Å². The molecule has 1 atom stereocenters. The van der Waals surface area contributed by atoms with E-state index in [1.165, 1.54) is 12.1 Å². The molecule has 0 bridgehead atoms. The number of hydrogen-bond acceptors (Lipinski definition) is 3. The van der Waals surface area contributed by atoms with Crippen molar-refractivity contribution in [3.8, 4) is 0 Å². The van der Waals surface area contributed by atoms with E-state index in [0.29, 0.717) is 18.9 Å². The molecule has 0 aromatic heterocycles. The number of benzene rings is 1. The fourth-order valence-electron chi connectivity index (χ4n) is 2.34. The SMILES string of the molecule is O=C(Cc1ccc(F)cc1)CN1CCC(CO)C1. The van der Waals surface area contributed by atoms with Gasteiger partial charge in [0.05, 0.1) is 6.54 Å². The average molecular weight is 251 g/mol. The molecule has 1 heterocycles. The number of aliphatic hydroxyl groups is 1. The summed E-state index contributed by atoms with van der Waals surface area (Å²) in [5.74, 6) is 0.167. The van der Waals surface area contributed by atoms with Crippen molar-refractivity contribution in [1.29, 1.82) is 0 Å². The summed E-state index contributed by atoms with van der Waals surface area (Å²) >= 11 is 0. The number of hydrogen-bond donors (Lipinski definition) is 1. The van der Waals surface area contributed by atoms with E-state index in [1.54, 1.807) is 12.1 Å². The molecular weight excluding hydrogens is 233 g/mol. The third kappa shape index (κ3) is 3.62. The highest BCUT2D eigenvalue weighted by atomic mass is 19.1. The Morgan fingerprint density at radius 2 is 2.11 bits per heavy atom. The molecule has 2 rings (SSSR count). The summed E-state index contributed by atoms with van der Waals surface area (Å²) in [5.41, 5.74) is 0.847. The number of carbonyl (C=O) groups excluding carboxylic acids is 1. The molecule has 1 aromatic carbocycles. The van der Waals surface area contributed by atoms with E-state index in [9.17, 15) is 9.18 Å². The summed E-state index contributed by atoms with van der Waals surface area (Å²) in [4.78, 5) is 13.9. The van der Waals surface area contributed by atoms with Gasteiger partial charge in [0, 0.05) is 19.6 Å².